The van der Waals surface area contributed by atoms with Crippen LogP contribution in [-0.4, -0.2) is 88.2 Å². The highest BCUT2D eigenvalue weighted by Crippen LogP contribution is 2.27. The number of benzene rings is 1. The van der Waals surface area contributed by atoms with Gasteiger partial charge in [-0.05, 0) is 25.2 Å². The Balaban J connectivity index is 1.92. The Morgan fingerprint density at radius 2 is 1.72 bits per heavy atom. The summed E-state index contributed by atoms with van der Waals surface area (Å²) in [4.78, 5) is 15.7. The molecule has 138 valence electrons. The quantitative estimate of drug-likeness (QED) is 0.808. The zero-order chi connectivity index (χ0) is 18.0. The molecule has 1 aromatic carbocycles. The van der Waals surface area contributed by atoms with E-state index in [1.165, 1.54) is 16.4 Å². The van der Waals surface area contributed by atoms with E-state index in [0.29, 0.717) is 58.2 Å². The standard InChI is InChI=1S/C16H23N3O5S/c1-17-4-6-19(7-5-17)25(22,23)13-2-3-15(14(12-13)16(20)21)18-8-10-24-11-9-18/h2-3,12H,4-11H2,1H3,(H,20,21). The predicted octanol–water partition coefficient (Wildman–Crippen LogP) is 0.158. The lowest BCUT2D eigenvalue weighted by atomic mass is 10.1. The third kappa shape index (κ3) is 3.79. The Morgan fingerprint density at radius 1 is 1.08 bits per heavy atom. The van der Waals surface area contributed by atoms with Crippen LogP contribution in [0.3, 0.4) is 0 Å². The molecule has 0 radical (unpaired) electrons. The summed E-state index contributed by atoms with van der Waals surface area (Å²) in [6, 6.07) is 4.38. The second kappa shape index (κ2) is 7.28. The van der Waals surface area contributed by atoms with Gasteiger partial charge in [-0.25, -0.2) is 13.2 Å². The lowest BCUT2D eigenvalue weighted by molar-refractivity contribution is 0.0696. The van der Waals surface area contributed by atoms with Crippen molar-refractivity contribution in [3.05, 3.63) is 23.8 Å². The Bertz CT molecular complexity index is 738. The maximum absolute atomic E-state index is 12.8. The van der Waals surface area contributed by atoms with Crippen molar-refractivity contribution in [2.75, 3.05) is 64.4 Å². The third-order valence-corrected chi connectivity index (χ3v) is 6.54. The van der Waals surface area contributed by atoms with Gasteiger partial charge in [-0.2, -0.15) is 4.31 Å². The minimum absolute atomic E-state index is 0.0112. The van der Waals surface area contributed by atoms with Crippen molar-refractivity contribution >= 4 is 21.7 Å². The van der Waals surface area contributed by atoms with Crippen LogP contribution in [-0.2, 0) is 14.8 Å². The van der Waals surface area contributed by atoms with E-state index in [-0.39, 0.29) is 10.5 Å². The molecule has 0 unspecified atom stereocenters. The molecule has 0 amide bonds. The number of carboxylic acid groups (broad SMARTS) is 1. The first-order valence-electron chi connectivity index (χ1n) is 8.28. The Morgan fingerprint density at radius 3 is 2.32 bits per heavy atom. The molecular formula is C16H23N3O5S. The van der Waals surface area contributed by atoms with E-state index in [4.69, 9.17) is 4.74 Å². The molecule has 0 atom stereocenters. The molecule has 0 aliphatic carbocycles. The first kappa shape index (κ1) is 18.1. The Labute approximate surface area is 147 Å². The fourth-order valence-electron chi connectivity index (χ4n) is 3.10. The van der Waals surface area contributed by atoms with Crippen LogP contribution in [0.15, 0.2) is 23.1 Å². The zero-order valence-electron chi connectivity index (χ0n) is 14.2. The fraction of sp³-hybridized carbons (Fsp3) is 0.562. The second-order valence-electron chi connectivity index (χ2n) is 6.29. The molecule has 2 aliphatic rings. The summed E-state index contributed by atoms with van der Waals surface area (Å²) in [7, 11) is -1.74. The van der Waals surface area contributed by atoms with Gasteiger partial charge in [0.1, 0.15) is 0 Å². The number of likely N-dealkylation sites (N-methyl/N-ethyl adjacent to an activating group) is 1. The fourth-order valence-corrected chi connectivity index (χ4v) is 4.55. The summed E-state index contributed by atoms with van der Waals surface area (Å²) in [5.74, 6) is -1.13. The number of carboxylic acids is 1. The van der Waals surface area contributed by atoms with Crippen molar-refractivity contribution in [1.29, 1.82) is 0 Å². The van der Waals surface area contributed by atoms with Crippen molar-refractivity contribution in [2.45, 2.75) is 4.90 Å². The molecule has 0 spiro atoms. The number of rotatable bonds is 4. The normalized spacial score (nSPS) is 20.6. The SMILES string of the molecule is CN1CCN(S(=O)(=O)c2ccc(N3CCOCC3)c(C(=O)O)c2)CC1. The van der Waals surface area contributed by atoms with E-state index in [0.717, 1.165) is 0 Å². The molecule has 9 heteroatoms. The molecule has 8 nitrogen and oxygen atoms in total. The minimum Gasteiger partial charge on any atom is -0.478 e. The summed E-state index contributed by atoms with van der Waals surface area (Å²) in [6.45, 7) is 4.38. The van der Waals surface area contributed by atoms with E-state index in [2.05, 4.69) is 4.90 Å². The molecule has 2 aliphatic heterocycles. The maximum atomic E-state index is 12.8. The number of hydrogen-bond donors (Lipinski definition) is 1. The van der Waals surface area contributed by atoms with Crippen molar-refractivity contribution < 1.29 is 23.1 Å². The second-order valence-corrected chi connectivity index (χ2v) is 8.23. The highest BCUT2D eigenvalue weighted by Gasteiger charge is 2.29. The van der Waals surface area contributed by atoms with Crippen molar-refractivity contribution in [3.8, 4) is 0 Å². The molecule has 0 bridgehead atoms. The van der Waals surface area contributed by atoms with Crippen LogP contribution in [0.1, 0.15) is 10.4 Å². The summed E-state index contributed by atoms with van der Waals surface area (Å²) < 4.78 is 32.4. The van der Waals surface area contributed by atoms with Crippen LogP contribution in [0.2, 0.25) is 0 Å². The minimum atomic E-state index is -3.69. The van der Waals surface area contributed by atoms with Gasteiger partial charge in [-0.1, -0.05) is 0 Å². The lowest BCUT2D eigenvalue weighted by Crippen LogP contribution is -2.47. The molecule has 1 aromatic rings. The van der Waals surface area contributed by atoms with Crippen molar-refractivity contribution in [2.24, 2.45) is 0 Å². The average Bonchev–Trinajstić information content (AvgIpc) is 2.62. The highest BCUT2D eigenvalue weighted by molar-refractivity contribution is 7.89. The van der Waals surface area contributed by atoms with Crippen LogP contribution >= 0.6 is 0 Å². The smallest absolute Gasteiger partial charge is 0.337 e. The first-order chi connectivity index (χ1) is 11.9. The highest BCUT2D eigenvalue weighted by atomic mass is 32.2. The zero-order valence-corrected chi connectivity index (χ0v) is 15.0. The summed E-state index contributed by atoms with van der Waals surface area (Å²) in [5.41, 5.74) is 0.547. The van der Waals surface area contributed by atoms with E-state index in [1.54, 1.807) is 6.07 Å². The lowest BCUT2D eigenvalue weighted by Gasteiger charge is -2.32. The van der Waals surface area contributed by atoms with Gasteiger partial charge in [0.25, 0.3) is 0 Å². The van der Waals surface area contributed by atoms with Crippen LogP contribution in [0, 0.1) is 0 Å². The monoisotopic (exact) mass is 369 g/mol. The van der Waals surface area contributed by atoms with E-state index < -0.39 is 16.0 Å². The molecular weight excluding hydrogens is 346 g/mol. The number of nitrogens with zero attached hydrogens (tertiary/aromatic N) is 3. The van der Waals surface area contributed by atoms with Gasteiger partial charge in [-0.15, -0.1) is 0 Å². The number of sulfonamides is 1. The maximum Gasteiger partial charge on any atom is 0.337 e. The number of anilines is 1. The number of carbonyl (C=O) groups is 1. The summed E-state index contributed by atoms with van der Waals surface area (Å²) >= 11 is 0. The van der Waals surface area contributed by atoms with E-state index in [1.807, 2.05) is 11.9 Å². The van der Waals surface area contributed by atoms with Crippen LogP contribution < -0.4 is 4.90 Å². The van der Waals surface area contributed by atoms with Crippen LogP contribution in [0.5, 0.6) is 0 Å². The van der Waals surface area contributed by atoms with Gasteiger partial charge in [0, 0.05) is 39.3 Å². The Kier molecular flexibility index (Phi) is 5.28. The van der Waals surface area contributed by atoms with E-state index in [9.17, 15) is 18.3 Å². The van der Waals surface area contributed by atoms with Gasteiger partial charge in [-0.3, -0.25) is 0 Å². The molecule has 3 rings (SSSR count). The summed E-state index contributed by atoms with van der Waals surface area (Å²) in [6.07, 6.45) is 0. The predicted molar refractivity (Wildman–Crippen MR) is 92.7 cm³/mol. The molecule has 25 heavy (non-hydrogen) atoms. The molecule has 2 fully saturated rings. The van der Waals surface area contributed by atoms with Crippen LogP contribution in [0.4, 0.5) is 5.69 Å². The van der Waals surface area contributed by atoms with Gasteiger partial charge >= 0.3 is 5.97 Å². The van der Waals surface area contributed by atoms with Gasteiger partial charge in [0.15, 0.2) is 0 Å². The average molecular weight is 369 g/mol. The molecule has 1 N–H and O–H groups in total. The number of morpholine rings is 1. The van der Waals surface area contributed by atoms with E-state index >= 15 is 0 Å². The van der Waals surface area contributed by atoms with Crippen LogP contribution in [0.25, 0.3) is 0 Å². The third-order valence-electron chi connectivity index (χ3n) is 4.65. The van der Waals surface area contributed by atoms with Gasteiger partial charge in [0.05, 0.1) is 29.4 Å². The number of piperazine rings is 1. The van der Waals surface area contributed by atoms with Gasteiger partial charge < -0.3 is 19.6 Å². The molecule has 2 heterocycles. The van der Waals surface area contributed by atoms with Crippen molar-refractivity contribution in [1.82, 2.24) is 9.21 Å². The Hall–Kier alpha value is -1.68. The molecule has 2 saturated heterocycles. The first-order valence-corrected chi connectivity index (χ1v) is 9.72. The largest absolute Gasteiger partial charge is 0.478 e. The topological polar surface area (TPSA) is 90.4 Å². The van der Waals surface area contributed by atoms with Gasteiger partial charge in [0.2, 0.25) is 10.0 Å². The molecule has 0 aromatic heterocycles. The number of aromatic carboxylic acids is 1. The van der Waals surface area contributed by atoms with Crippen molar-refractivity contribution in [3.63, 3.8) is 0 Å². The number of hydrogen-bond acceptors (Lipinski definition) is 6. The molecule has 0 saturated carbocycles. The summed E-state index contributed by atoms with van der Waals surface area (Å²) in [5, 5.41) is 9.56. The number of ether oxygens (including phenoxy) is 1.